The third-order valence-corrected chi connectivity index (χ3v) is 15.2. The highest BCUT2D eigenvalue weighted by molar-refractivity contribution is 6.10. The predicted molar refractivity (Wildman–Crippen MR) is 339 cm³/mol. The summed E-state index contributed by atoms with van der Waals surface area (Å²) in [6.45, 7) is 11.0. The van der Waals surface area contributed by atoms with E-state index in [1.54, 1.807) is 79.7 Å². The number of ketones is 4. The minimum atomic E-state index is -0.949. The highest BCUT2D eigenvalue weighted by Gasteiger charge is 2.47. The molecule has 7 atom stereocenters. The fourth-order valence-corrected chi connectivity index (χ4v) is 11.5. The number of nitrogens with two attached hydrogens (primary N) is 4. The van der Waals surface area contributed by atoms with Gasteiger partial charge in [0.25, 0.3) is 29.5 Å². The maximum atomic E-state index is 14.7. The van der Waals surface area contributed by atoms with Crippen LogP contribution >= 0.6 is 12.4 Å². The quantitative estimate of drug-likeness (QED) is 0.0198. The number of aromatic nitrogens is 4. The highest BCUT2D eigenvalue weighted by Crippen LogP contribution is 2.43. The number of Topliss-reactive ketones (excluding diaryl/α,β-unsaturated/α-hetero) is 4. The zero-order valence-electron chi connectivity index (χ0n) is 49.1. The fraction of sp³-hybridized carbons (Fsp3) is 0.206. The molecule has 2 heterocycles. The van der Waals surface area contributed by atoms with E-state index in [0.717, 1.165) is 16.7 Å². The van der Waals surface area contributed by atoms with E-state index in [4.69, 9.17) is 16.9 Å². The Morgan fingerprint density at radius 2 is 0.920 bits per heavy atom. The van der Waals surface area contributed by atoms with Crippen LogP contribution in [0.2, 0.25) is 0 Å². The maximum Gasteiger partial charge on any atom is 0.349 e. The standard InChI is InChI=1S/C43H36N8O4.C22H21NO3.C2H6.CH5N3.ClH/c1-24-33-31(22-29(25-14-6-2-7-15-25)36(38(33)53)48-41(55)28-20-12-5-13-21-28)51(43(45)46-24)39-34-32(52)23-30(26-16-8-3-9-17-26)35(37(34)49-42(44)50-39)47-40(54)27-18-10-4-11-19-27;1-14-13-18(16-9-5-3-6-10-16)20(21(25)19(14)15(2)24)23-22(26)17-11-7-4-8-12-17;1-2;2-1(3)4;/h2-21,29-30,35-36,45H,22-23H2,1H3,(H4,44,47,48,49,50,52,54,55);3-12,18-20H,1,13H2,2H3,(H,23,26);1-2H3;(H5,2,3,4);1H/p+1/t29-,30+,35+,36-;18-,19?,20-;;;/m10.../s1. The Balaban J connectivity index is 0.000000279. The molecule has 0 bridgehead atoms. The van der Waals surface area contributed by atoms with Crippen LogP contribution < -0.4 is 43.5 Å². The molecule has 1 unspecified atom stereocenters. The van der Waals surface area contributed by atoms with Crippen molar-refractivity contribution in [2.24, 2.45) is 17.4 Å². The van der Waals surface area contributed by atoms with Gasteiger partial charge in [-0.1, -0.05) is 177 Å². The van der Waals surface area contributed by atoms with E-state index in [-0.39, 0.29) is 107 Å². The highest BCUT2D eigenvalue weighted by atomic mass is 35.5. The van der Waals surface area contributed by atoms with Crippen LogP contribution in [0.5, 0.6) is 0 Å². The number of carbonyl (C=O) groups excluding carboxylic acids is 7. The van der Waals surface area contributed by atoms with Crippen molar-refractivity contribution >= 4 is 71.1 Å². The first kappa shape index (κ1) is 65.0. The van der Waals surface area contributed by atoms with Gasteiger partial charge in [0.05, 0.1) is 41.0 Å². The van der Waals surface area contributed by atoms with Crippen LogP contribution in [-0.4, -0.2) is 73.8 Å². The van der Waals surface area contributed by atoms with Crippen LogP contribution in [0, 0.1) is 18.3 Å². The molecule has 11 rings (SSSR count). The third kappa shape index (κ3) is 14.6. The van der Waals surface area contributed by atoms with E-state index < -0.39 is 41.8 Å². The van der Waals surface area contributed by atoms with Crippen LogP contribution in [-0.2, 0) is 16.0 Å². The summed E-state index contributed by atoms with van der Waals surface area (Å²) in [5.41, 5.74) is 28.1. The molecule has 0 radical (unpaired) electrons. The summed E-state index contributed by atoms with van der Waals surface area (Å²) in [6, 6.07) is 52.2. The summed E-state index contributed by atoms with van der Waals surface area (Å²) in [4.78, 5) is 108. The maximum absolute atomic E-state index is 14.7. The van der Waals surface area contributed by atoms with Crippen molar-refractivity contribution in [3.05, 3.63) is 256 Å². The fourth-order valence-electron chi connectivity index (χ4n) is 11.5. The second-order valence-electron chi connectivity index (χ2n) is 20.8. The van der Waals surface area contributed by atoms with E-state index in [2.05, 4.69) is 48.9 Å². The smallest absolute Gasteiger partial charge is 0.349 e. The number of aryl methyl sites for hydroxylation is 1. The van der Waals surface area contributed by atoms with E-state index in [0.29, 0.717) is 40.1 Å². The molecular weight excluding hydrogens is 1130 g/mol. The molecule has 2 aromatic heterocycles. The third-order valence-electron chi connectivity index (χ3n) is 15.2. The van der Waals surface area contributed by atoms with Gasteiger partial charge in [-0.25, -0.2) is 4.98 Å². The zero-order valence-corrected chi connectivity index (χ0v) is 49.9. The number of nitrogen functional groups attached to an aromatic ring is 2. The van der Waals surface area contributed by atoms with Crippen molar-refractivity contribution in [2.45, 2.75) is 82.8 Å². The van der Waals surface area contributed by atoms with Gasteiger partial charge in [-0.3, -0.25) is 39.0 Å². The molecule has 1 fully saturated rings. The predicted octanol–water partition coefficient (Wildman–Crippen LogP) is 8.37. The van der Waals surface area contributed by atoms with Crippen molar-refractivity contribution in [3.63, 3.8) is 0 Å². The molecule has 0 saturated heterocycles. The van der Waals surface area contributed by atoms with E-state index >= 15 is 0 Å². The Morgan fingerprint density at radius 3 is 1.34 bits per heavy atom. The molecule has 0 spiro atoms. The van der Waals surface area contributed by atoms with Crippen molar-refractivity contribution in [3.8, 4) is 5.82 Å². The summed E-state index contributed by atoms with van der Waals surface area (Å²) in [7, 11) is 0. The molecule has 0 aliphatic heterocycles. The molecule has 3 aliphatic rings. The molecule has 450 valence electrons. The van der Waals surface area contributed by atoms with Crippen molar-refractivity contribution in [1.82, 2.24) is 30.9 Å². The lowest BCUT2D eigenvalue weighted by Crippen LogP contribution is -2.54. The average molecular weight is 1200 g/mol. The molecule has 3 amide bonds. The first-order valence-electron chi connectivity index (χ1n) is 28.4. The van der Waals surface area contributed by atoms with Gasteiger partial charge in [0.1, 0.15) is 17.0 Å². The van der Waals surface area contributed by atoms with Crippen LogP contribution in [0.3, 0.4) is 0 Å². The Hall–Kier alpha value is -10.5. The lowest BCUT2D eigenvalue weighted by Gasteiger charge is -2.36. The Labute approximate surface area is 516 Å². The molecule has 12 N–H and O–H groups in total. The molecular formula is C68H70ClN12O7+. The number of allylic oxidation sites excluding steroid dienone is 1. The number of carbonyl (C=O) groups is 7. The van der Waals surface area contributed by atoms with Gasteiger partial charge in [-0.2, -0.15) is 4.57 Å². The Morgan fingerprint density at radius 1 is 0.545 bits per heavy atom. The number of halogens is 1. The van der Waals surface area contributed by atoms with Crippen LogP contribution in [0.25, 0.3) is 5.82 Å². The van der Waals surface area contributed by atoms with Gasteiger partial charge < -0.3 is 38.9 Å². The SMILES string of the molecule is C=C1C[C@@H](c2ccccc2)[C@H](NC(=O)c2ccccc2)C(=O)C1C(C)=O.CC.Cc1nc(N)[n+](-c2nc(N)nc3c2C(=O)C[C@@H](c2ccccc2)[C@@H]3NC(=O)c2ccccc2)c2c1C(=O)[C@H](NC(=O)c1ccccc1)[C@@H](c1ccccc1)C2.Cl.N=C(N)N. The van der Waals surface area contributed by atoms with E-state index in [1.807, 2.05) is 123 Å². The molecule has 3 aliphatic carbocycles. The summed E-state index contributed by atoms with van der Waals surface area (Å²) < 4.78 is 1.51. The van der Waals surface area contributed by atoms with Gasteiger partial charge in [0.15, 0.2) is 23.3 Å². The number of guanidine groups is 1. The first-order chi connectivity index (χ1) is 41.9. The molecule has 88 heavy (non-hydrogen) atoms. The summed E-state index contributed by atoms with van der Waals surface area (Å²) in [6.07, 6.45) is 0.712. The average Bonchev–Trinajstić information content (AvgIpc) is 1.01. The summed E-state index contributed by atoms with van der Waals surface area (Å²) >= 11 is 0. The molecule has 1 saturated carbocycles. The zero-order chi connectivity index (χ0) is 62.5. The molecule has 8 aromatic rings. The number of benzene rings is 6. The van der Waals surface area contributed by atoms with E-state index in [9.17, 15) is 33.6 Å². The first-order valence-corrected chi connectivity index (χ1v) is 28.4. The number of rotatable bonds is 11. The van der Waals surface area contributed by atoms with Gasteiger partial charge >= 0.3 is 5.95 Å². The number of nitrogens with one attached hydrogen (secondary N) is 4. The minimum Gasteiger partial charge on any atom is -0.370 e. The number of hydrogen-bond donors (Lipinski definition) is 8. The number of anilines is 2. The Bertz CT molecular complexity index is 3860. The number of hydrogen-bond acceptors (Lipinski definition) is 13. The topological polar surface area (TPSA) is 326 Å². The number of nitrogens with zero attached hydrogens (tertiary/aromatic N) is 4. The second-order valence-corrected chi connectivity index (χ2v) is 20.8. The van der Waals surface area contributed by atoms with Crippen LogP contribution in [0.15, 0.2) is 194 Å². The van der Waals surface area contributed by atoms with Crippen molar-refractivity contribution in [2.75, 3.05) is 11.5 Å². The summed E-state index contributed by atoms with van der Waals surface area (Å²) in [5.74, 6) is -4.80. The largest absolute Gasteiger partial charge is 0.370 e. The lowest BCUT2D eigenvalue weighted by atomic mass is 9.70. The number of amides is 3. The van der Waals surface area contributed by atoms with Gasteiger partial charge in [-0.05, 0) is 73.4 Å². The normalized spacial score (nSPS) is 18.8. The van der Waals surface area contributed by atoms with E-state index in [1.165, 1.54) is 11.5 Å². The molecule has 19 nitrogen and oxygen atoms in total. The molecule has 20 heteroatoms. The van der Waals surface area contributed by atoms with Crippen LogP contribution in [0.4, 0.5) is 11.9 Å². The number of fused-ring (bicyclic) bond motifs is 2. The van der Waals surface area contributed by atoms with Crippen LogP contribution in [0.1, 0.15) is 143 Å². The van der Waals surface area contributed by atoms with Gasteiger partial charge in [0.2, 0.25) is 0 Å². The lowest BCUT2D eigenvalue weighted by molar-refractivity contribution is -0.596. The van der Waals surface area contributed by atoms with Gasteiger partial charge in [0, 0.05) is 47.3 Å². The van der Waals surface area contributed by atoms with Crippen molar-refractivity contribution < 1.29 is 38.1 Å². The molecule has 6 aromatic carbocycles. The van der Waals surface area contributed by atoms with Crippen molar-refractivity contribution in [1.29, 1.82) is 5.41 Å². The minimum absolute atomic E-state index is 0. The van der Waals surface area contributed by atoms with Gasteiger partial charge in [-0.15, -0.1) is 17.4 Å². The summed E-state index contributed by atoms with van der Waals surface area (Å²) in [5, 5.41) is 15.1. The second kappa shape index (κ2) is 29.5. The Kier molecular flexibility index (Phi) is 21.8. The monoisotopic (exact) mass is 1200 g/mol.